The van der Waals surface area contributed by atoms with Crippen LogP contribution in [0.4, 0.5) is 5.69 Å². The Hall–Kier alpha value is -1.93. The summed E-state index contributed by atoms with van der Waals surface area (Å²) < 4.78 is 27.0. The second-order valence-electron chi connectivity index (χ2n) is 6.17. The van der Waals surface area contributed by atoms with Gasteiger partial charge in [-0.1, -0.05) is 12.1 Å². The van der Waals surface area contributed by atoms with Crippen LogP contribution in [0.15, 0.2) is 53.4 Å². The molecule has 1 fully saturated rings. The maximum atomic E-state index is 12.2. The number of sulfonamides is 1. The zero-order valence-electron chi connectivity index (χ0n) is 14.1. The van der Waals surface area contributed by atoms with E-state index in [0.29, 0.717) is 30.3 Å². The first-order valence-corrected chi connectivity index (χ1v) is 9.66. The SMILES string of the molecule is Cl.NCc1ccc(C(=O)Nc2ccc(S(=O)(=O)NCC3CC3)cc2)cc1. The molecule has 2 aromatic carbocycles. The number of nitrogens with one attached hydrogen (secondary N) is 2. The lowest BCUT2D eigenvalue weighted by Gasteiger charge is -2.09. The van der Waals surface area contributed by atoms with Gasteiger partial charge in [0.2, 0.25) is 10.0 Å². The van der Waals surface area contributed by atoms with E-state index in [0.717, 1.165) is 18.4 Å². The summed E-state index contributed by atoms with van der Waals surface area (Å²) in [5.41, 5.74) is 7.53. The number of carbonyl (C=O) groups is 1. The van der Waals surface area contributed by atoms with Crippen molar-refractivity contribution in [2.24, 2.45) is 11.7 Å². The summed E-state index contributed by atoms with van der Waals surface area (Å²) in [7, 11) is -3.49. The molecular formula is C18H22ClN3O3S. The first-order chi connectivity index (χ1) is 12.0. The van der Waals surface area contributed by atoms with Crippen LogP contribution in [0.25, 0.3) is 0 Å². The highest BCUT2D eigenvalue weighted by Gasteiger charge is 2.24. The Morgan fingerprint density at radius 2 is 1.65 bits per heavy atom. The molecule has 2 aromatic rings. The lowest BCUT2D eigenvalue weighted by molar-refractivity contribution is 0.102. The van der Waals surface area contributed by atoms with Crippen LogP contribution in [0, 0.1) is 5.92 Å². The third-order valence-electron chi connectivity index (χ3n) is 4.13. The van der Waals surface area contributed by atoms with Gasteiger partial charge in [-0.2, -0.15) is 0 Å². The highest BCUT2D eigenvalue weighted by Crippen LogP contribution is 2.28. The number of carbonyl (C=O) groups excluding carboxylic acids is 1. The Balaban J connectivity index is 0.00000243. The maximum Gasteiger partial charge on any atom is 0.255 e. The number of benzene rings is 2. The van der Waals surface area contributed by atoms with E-state index in [1.165, 1.54) is 12.1 Å². The minimum Gasteiger partial charge on any atom is -0.326 e. The van der Waals surface area contributed by atoms with Crippen LogP contribution in [0.1, 0.15) is 28.8 Å². The topological polar surface area (TPSA) is 101 Å². The number of amides is 1. The van der Waals surface area contributed by atoms with Gasteiger partial charge < -0.3 is 11.1 Å². The fraction of sp³-hybridized carbons (Fsp3) is 0.278. The zero-order chi connectivity index (χ0) is 17.9. The van der Waals surface area contributed by atoms with E-state index >= 15 is 0 Å². The third-order valence-corrected chi connectivity index (χ3v) is 5.57. The van der Waals surface area contributed by atoms with Gasteiger partial charge in [-0.3, -0.25) is 4.79 Å². The molecule has 0 heterocycles. The Bertz CT molecular complexity index is 848. The maximum absolute atomic E-state index is 12.2. The van der Waals surface area contributed by atoms with Crippen LogP contribution < -0.4 is 15.8 Å². The summed E-state index contributed by atoms with van der Waals surface area (Å²) in [6.07, 6.45) is 2.17. The molecule has 0 radical (unpaired) electrons. The molecule has 0 atom stereocenters. The summed E-state index contributed by atoms with van der Waals surface area (Å²) >= 11 is 0. The van der Waals surface area contributed by atoms with Gasteiger partial charge in [-0.05, 0) is 60.7 Å². The highest BCUT2D eigenvalue weighted by atomic mass is 35.5. The minimum atomic E-state index is -3.49. The summed E-state index contributed by atoms with van der Waals surface area (Å²) in [6, 6.07) is 13.2. The van der Waals surface area contributed by atoms with E-state index < -0.39 is 10.0 Å². The van der Waals surface area contributed by atoms with E-state index in [1.54, 1.807) is 36.4 Å². The smallest absolute Gasteiger partial charge is 0.255 e. The average molecular weight is 396 g/mol. The van der Waals surface area contributed by atoms with Crippen molar-refractivity contribution in [1.29, 1.82) is 0 Å². The summed E-state index contributed by atoms with van der Waals surface area (Å²) in [4.78, 5) is 12.4. The summed E-state index contributed by atoms with van der Waals surface area (Å²) in [5, 5.41) is 2.75. The molecule has 0 saturated heterocycles. The molecule has 26 heavy (non-hydrogen) atoms. The van der Waals surface area contributed by atoms with Crippen molar-refractivity contribution in [1.82, 2.24) is 4.72 Å². The fourth-order valence-corrected chi connectivity index (χ4v) is 3.46. The van der Waals surface area contributed by atoms with E-state index in [4.69, 9.17) is 5.73 Å². The second kappa shape index (κ2) is 8.64. The third kappa shape index (κ3) is 5.28. The van der Waals surface area contributed by atoms with Crippen molar-refractivity contribution in [3.63, 3.8) is 0 Å². The largest absolute Gasteiger partial charge is 0.326 e. The molecule has 0 aliphatic heterocycles. The molecule has 8 heteroatoms. The lowest BCUT2D eigenvalue weighted by Crippen LogP contribution is -2.25. The molecule has 140 valence electrons. The van der Waals surface area contributed by atoms with Gasteiger partial charge >= 0.3 is 0 Å². The van der Waals surface area contributed by atoms with Crippen molar-refractivity contribution in [3.8, 4) is 0 Å². The first-order valence-electron chi connectivity index (χ1n) is 8.18. The van der Waals surface area contributed by atoms with Crippen molar-refractivity contribution >= 4 is 34.0 Å². The molecule has 0 bridgehead atoms. The first kappa shape index (κ1) is 20.4. The molecule has 1 saturated carbocycles. The molecule has 1 aliphatic carbocycles. The van der Waals surface area contributed by atoms with Gasteiger partial charge in [0.15, 0.2) is 0 Å². The van der Waals surface area contributed by atoms with Crippen LogP contribution in [-0.2, 0) is 16.6 Å². The Morgan fingerprint density at radius 1 is 1.04 bits per heavy atom. The molecule has 4 N–H and O–H groups in total. The number of anilines is 1. The minimum absolute atomic E-state index is 0. The normalized spacial score (nSPS) is 13.7. The second-order valence-corrected chi connectivity index (χ2v) is 7.94. The van der Waals surface area contributed by atoms with Crippen molar-refractivity contribution < 1.29 is 13.2 Å². The van der Waals surface area contributed by atoms with Gasteiger partial charge in [0, 0.05) is 24.3 Å². The number of rotatable bonds is 7. The lowest BCUT2D eigenvalue weighted by atomic mass is 10.1. The molecule has 0 unspecified atom stereocenters. The van der Waals surface area contributed by atoms with Crippen molar-refractivity contribution in [2.45, 2.75) is 24.3 Å². The van der Waals surface area contributed by atoms with Crippen LogP contribution in [-0.4, -0.2) is 20.9 Å². The van der Waals surface area contributed by atoms with Gasteiger partial charge in [-0.15, -0.1) is 12.4 Å². The molecule has 0 spiro atoms. The monoisotopic (exact) mass is 395 g/mol. The summed E-state index contributed by atoms with van der Waals surface area (Å²) in [6.45, 7) is 0.909. The van der Waals surface area contributed by atoms with Gasteiger partial charge in [0.25, 0.3) is 5.91 Å². The van der Waals surface area contributed by atoms with Crippen LogP contribution >= 0.6 is 12.4 Å². The standard InChI is InChI=1S/C18H21N3O3S.ClH/c19-11-13-3-5-15(6-4-13)18(22)21-16-7-9-17(10-8-16)25(23,24)20-12-14-1-2-14;/h3-10,14,20H,1-2,11-12,19H2,(H,21,22);1H. The molecule has 6 nitrogen and oxygen atoms in total. The Morgan fingerprint density at radius 3 is 2.19 bits per heavy atom. The van der Waals surface area contributed by atoms with Crippen molar-refractivity contribution in [2.75, 3.05) is 11.9 Å². The Kier molecular flexibility index (Phi) is 6.77. The molecular weight excluding hydrogens is 374 g/mol. The molecule has 1 aliphatic rings. The van der Waals surface area contributed by atoms with Crippen LogP contribution in [0.2, 0.25) is 0 Å². The number of halogens is 1. The van der Waals surface area contributed by atoms with E-state index in [9.17, 15) is 13.2 Å². The van der Waals surface area contributed by atoms with Crippen LogP contribution in [0.3, 0.4) is 0 Å². The number of hydrogen-bond donors (Lipinski definition) is 3. The Labute approximate surface area is 159 Å². The quantitative estimate of drug-likeness (QED) is 0.670. The van der Waals surface area contributed by atoms with Gasteiger partial charge in [0.1, 0.15) is 0 Å². The zero-order valence-corrected chi connectivity index (χ0v) is 15.8. The summed E-state index contributed by atoms with van der Waals surface area (Å²) in [5.74, 6) is 0.213. The van der Waals surface area contributed by atoms with Crippen LogP contribution in [0.5, 0.6) is 0 Å². The predicted octanol–water partition coefficient (Wildman–Crippen LogP) is 2.51. The number of hydrogen-bond acceptors (Lipinski definition) is 4. The molecule has 1 amide bonds. The number of nitrogens with two attached hydrogens (primary N) is 1. The average Bonchev–Trinajstić information content (AvgIpc) is 3.45. The van der Waals surface area contributed by atoms with E-state index in [1.807, 2.05) is 0 Å². The molecule has 0 aromatic heterocycles. The van der Waals surface area contributed by atoms with Gasteiger partial charge in [-0.25, -0.2) is 13.1 Å². The highest BCUT2D eigenvalue weighted by molar-refractivity contribution is 7.89. The van der Waals surface area contributed by atoms with Gasteiger partial charge in [0.05, 0.1) is 4.90 Å². The van der Waals surface area contributed by atoms with E-state index in [-0.39, 0.29) is 23.2 Å². The fourth-order valence-electron chi connectivity index (χ4n) is 2.35. The molecule has 3 rings (SSSR count). The van der Waals surface area contributed by atoms with Crippen molar-refractivity contribution in [3.05, 3.63) is 59.7 Å². The predicted molar refractivity (Wildman–Crippen MR) is 104 cm³/mol. The van der Waals surface area contributed by atoms with E-state index in [2.05, 4.69) is 10.0 Å².